The molecule has 0 atom stereocenters. The van der Waals surface area contributed by atoms with Crippen molar-refractivity contribution in [3.05, 3.63) is 58.3 Å². The maximum atomic E-state index is 12.7. The summed E-state index contributed by atoms with van der Waals surface area (Å²) < 4.78 is 7.89. The standard InChI is InChI=1S/C19H16BrN5O2S/c1-3-16-22-23-19-25(16)24-18(28-19)11-8-9-15(27-2)14(10-11)21-17(26)12-6-4-5-7-13(12)20/h4-10H,3H2,1-2H3,(H,21,26). The fraction of sp³-hybridized carbons (Fsp3) is 0.158. The van der Waals surface area contributed by atoms with Crippen LogP contribution in [0, 0.1) is 0 Å². The Bertz CT molecular complexity index is 1170. The van der Waals surface area contributed by atoms with Gasteiger partial charge in [-0.25, -0.2) is 0 Å². The van der Waals surface area contributed by atoms with Crippen LogP contribution >= 0.6 is 27.3 Å². The third-order valence-corrected chi connectivity index (χ3v) is 5.82. The lowest BCUT2D eigenvalue weighted by atomic mass is 10.1. The highest BCUT2D eigenvalue weighted by molar-refractivity contribution is 9.10. The van der Waals surface area contributed by atoms with E-state index in [1.807, 2.05) is 43.3 Å². The zero-order valence-corrected chi connectivity index (χ0v) is 17.5. The fourth-order valence-electron chi connectivity index (χ4n) is 2.77. The highest BCUT2D eigenvalue weighted by atomic mass is 79.9. The van der Waals surface area contributed by atoms with Gasteiger partial charge in [0.1, 0.15) is 10.8 Å². The molecular formula is C19H16BrN5O2S. The first-order valence-corrected chi connectivity index (χ1v) is 10.2. The molecule has 0 unspecified atom stereocenters. The van der Waals surface area contributed by atoms with Gasteiger partial charge in [0.25, 0.3) is 5.91 Å². The van der Waals surface area contributed by atoms with Crippen molar-refractivity contribution in [3.63, 3.8) is 0 Å². The highest BCUT2D eigenvalue weighted by Gasteiger charge is 2.16. The minimum atomic E-state index is -0.227. The van der Waals surface area contributed by atoms with Gasteiger partial charge >= 0.3 is 0 Å². The fourth-order valence-corrected chi connectivity index (χ4v) is 4.09. The van der Waals surface area contributed by atoms with Crippen LogP contribution in [0.4, 0.5) is 5.69 Å². The van der Waals surface area contributed by atoms with Crippen molar-refractivity contribution in [1.82, 2.24) is 19.8 Å². The van der Waals surface area contributed by atoms with Gasteiger partial charge < -0.3 is 10.1 Å². The summed E-state index contributed by atoms with van der Waals surface area (Å²) in [7, 11) is 1.57. The summed E-state index contributed by atoms with van der Waals surface area (Å²) in [5.74, 6) is 1.16. The van der Waals surface area contributed by atoms with Gasteiger partial charge in [0.2, 0.25) is 4.96 Å². The molecule has 0 fully saturated rings. The smallest absolute Gasteiger partial charge is 0.256 e. The molecule has 0 saturated carbocycles. The number of fused-ring (bicyclic) bond motifs is 1. The Hall–Kier alpha value is -2.78. The third-order valence-electron chi connectivity index (χ3n) is 4.18. The quantitative estimate of drug-likeness (QED) is 0.478. The minimum Gasteiger partial charge on any atom is -0.495 e. The first-order chi connectivity index (χ1) is 13.6. The van der Waals surface area contributed by atoms with Crippen LogP contribution in [0.2, 0.25) is 0 Å². The lowest BCUT2D eigenvalue weighted by molar-refractivity contribution is 0.102. The number of methoxy groups -OCH3 is 1. The molecule has 7 nitrogen and oxygen atoms in total. The lowest BCUT2D eigenvalue weighted by Crippen LogP contribution is -2.13. The number of aromatic nitrogens is 4. The number of carbonyl (C=O) groups is 1. The Morgan fingerprint density at radius 3 is 2.82 bits per heavy atom. The van der Waals surface area contributed by atoms with E-state index in [0.29, 0.717) is 17.0 Å². The van der Waals surface area contributed by atoms with Crippen LogP contribution in [0.5, 0.6) is 5.75 Å². The zero-order chi connectivity index (χ0) is 19.7. The van der Waals surface area contributed by atoms with E-state index in [2.05, 4.69) is 36.5 Å². The van der Waals surface area contributed by atoms with E-state index in [4.69, 9.17) is 4.74 Å². The molecule has 0 bridgehead atoms. The van der Waals surface area contributed by atoms with Crippen molar-refractivity contribution < 1.29 is 9.53 Å². The normalized spacial score (nSPS) is 11.0. The van der Waals surface area contributed by atoms with Crippen molar-refractivity contribution in [2.75, 3.05) is 12.4 Å². The molecule has 142 valence electrons. The Balaban J connectivity index is 1.70. The number of nitrogens with one attached hydrogen (secondary N) is 1. The van der Waals surface area contributed by atoms with Gasteiger partial charge in [0, 0.05) is 16.5 Å². The SMILES string of the molecule is CCc1nnc2sc(-c3ccc(OC)c(NC(=O)c4ccccc4Br)c3)nn12. The molecule has 0 spiro atoms. The molecule has 0 aliphatic carbocycles. The average molecular weight is 458 g/mol. The van der Waals surface area contributed by atoms with Crippen LogP contribution in [-0.4, -0.2) is 32.8 Å². The van der Waals surface area contributed by atoms with Gasteiger partial charge in [-0.1, -0.05) is 30.4 Å². The molecule has 0 aliphatic heterocycles. The molecule has 0 radical (unpaired) electrons. The third kappa shape index (κ3) is 3.38. The molecule has 2 aromatic carbocycles. The number of halogens is 1. The molecule has 0 saturated heterocycles. The van der Waals surface area contributed by atoms with Crippen molar-refractivity contribution in [2.45, 2.75) is 13.3 Å². The Morgan fingerprint density at radius 1 is 1.25 bits per heavy atom. The second-order valence-corrected chi connectivity index (χ2v) is 7.73. The molecule has 4 rings (SSSR count). The Labute approximate surface area is 173 Å². The van der Waals surface area contributed by atoms with Gasteiger partial charge in [0.05, 0.1) is 18.4 Å². The number of benzene rings is 2. The highest BCUT2D eigenvalue weighted by Crippen LogP contribution is 2.33. The number of carbonyl (C=O) groups excluding carboxylic acids is 1. The number of anilines is 1. The number of hydrogen-bond acceptors (Lipinski definition) is 6. The lowest BCUT2D eigenvalue weighted by Gasteiger charge is -2.12. The van der Waals surface area contributed by atoms with Crippen molar-refractivity contribution >= 4 is 43.8 Å². The number of nitrogens with zero attached hydrogens (tertiary/aromatic N) is 4. The van der Waals surface area contributed by atoms with Crippen LogP contribution in [0.1, 0.15) is 23.1 Å². The molecule has 0 aliphatic rings. The first-order valence-electron chi connectivity index (χ1n) is 8.56. The summed E-state index contributed by atoms with van der Waals surface area (Å²) >= 11 is 4.85. The summed E-state index contributed by atoms with van der Waals surface area (Å²) in [5.41, 5.74) is 1.98. The second kappa shape index (κ2) is 7.69. The summed E-state index contributed by atoms with van der Waals surface area (Å²) in [6.45, 7) is 2.01. The topological polar surface area (TPSA) is 81.4 Å². The maximum Gasteiger partial charge on any atom is 0.256 e. The van der Waals surface area contributed by atoms with E-state index in [-0.39, 0.29) is 5.91 Å². The van der Waals surface area contributed by atoms with Crippen LogP contribution in [0.3, 0.4) is 0 Å². The molecule has 1 amide bonds. The summed E-state index contributed by atoms with van der Waals surface area (Å²) in [6, 6.07) is 12.8. The van der Waals surface area contributed by atoms with E-state index in [1.54, 1.807) is 17.7 Å². The number of hydrogen-bond donors (Lipinski definition) is 1. The van der Waals surface area contributed by atoms with E-state index in [9.17, 15) is 4.79 Å². The predicted octanol–water partition coefficient (Wildman–Crippen LogP) is 4.44. The molecule has 28 heavy (non-hydrogen) atoms. The number of amides is 1. The van der Waals surface area contributed by atoms with Crippen LogP contribution in [-0.2, 0) is 6.42 Å². The summed E-state index contributed by atoms with van der Waals surface area (Å²) in [4.78, 5) is 13.4. The van der Waals surface area contributed by atoms with Gasteiger partial charge in [-0.2, -0.15) is 9.61 Å². The molecule has 9 heteroatoms. The molecule has 2 heterocycles. The van der Waals surface area contributed by atoms with Crippen molar-refractivity contribution in [3.8, 4) is 16.3 Å². The largest absolute Gasteiger partial charge is 0.495 e. The number of aryl methyl sites for hydroxylation is 1. The van der Waals surface area contributed by atoms with Gasteiger partial charge in [-0.15, -0.1) is 10.2 Å². The van der Waals surface area contributed by atoms with E-state index in [0.717, 1.165) is 32.2 Å². The van der Waals surface area contributed by atoms with Gasteiger partial charge in [0.15, 0.2) is 5.82 Å². The predicted molar refractivity (Wildman–Crippen MR) is 112 cm³/mol. The van der Waals surface area contributed by atoms with Crippen molar-refractivity contribution in [1.29, 1.82) is 0 Å². The maximum absolute atomic E-state index is 12.7. The minimum absolute atomic E-state index is 0.227. The van der Waals surface area contributed by atoms with Crippen molar-refractivity contribution in [2.24, 2.45) is 0 Å². The second-order valence-electron chi connectivity index (χ2n) is 5.92. The first kappa shape index (κ1) is 18.6. The van der Waals surface area contributed by atoms with E-state index >= 15 is 0 Å². The molecule has 2 aromatic heterocycles. The molecule has 1 N–H and O–H groups in total. The summed E-state index contributed by atoms with van der Waals surface area (Å²) in [6.07, 6.45) is 0.750. The van der Waals surface area contributed by atoms with Gasteiger partial charge in [-0.3, -0.25) is 4.79 Å². The van der Waals surface area contributed by atoms with Gasteiger partial charge in [-0.05, 0) is 46.3 Å². The molecular weight excluding hydrogens is 442 g/mol. The van der Waals surface area contributed by atoms with Crippen LogP contribution in [0.25, 0.3) is 15.5 Å². The van der Waals surface area contributed by atoms with Crippen LogP contribution < -0.4 is 10.1 Å². The molecule has 4 aromatic rings. The Kier molecular flexibility index (Phi) is 5.10. The number of ether oxygens (including phenoxy) is 1. The van der Waals surface area contributed by atoms with Crippen LogP contribution in [0.15, 0.2) is 46.9 Å². The average Bonchev–Trinajstić information content (AvgIpc) is 3.28. The number of rotatable bonds is 5. The zero-order valence-electron chi connectivity index (χ0n) is 15.1. The summed E-state index contributed by atoms with van der Waals surface area (Å²) in [5, 5.41) is 16.6. The Morgan fingerprint density at radius 2 is 2.07 bits per heavy atom. The van der Waals surface area contributed by atoms with E-state index < -0.39 is 0 Å². The monoisotopic (exact) mass is 457 g/mol. The van der Waals surface area contributed by atoms with E-state index in [1.165, 1.54) is 11.3 Å².